The van der Waals surface area contributed by atoms with Gasteiger partial charge in [-0.05, 0) is 49.2 Å². The van der Waals surface area contributed by atoms with Gasteiger partial charge in [0.1, 0.15) is 5.82 Å². The molecule has 0 aliphatic rings. The summed E-state index contributed by atoms with van der Waals surface area (Å²) in [7, 11) is 0. The van der Waals surface area contributed by atoms with Gasteiger partial charge in [-0.2, -0.15) is 0 Å². The average molecular weight is 310 g/mol. The van der Waals surface area contributed by atoms with E-state index in [1.807, 2.05) is 37.3 Å². The Balaban J connectivity index is 2.26. The van der Waals surface area contributed by atoms with Crippen LogP contribution in [0.4, 0.5) is 4.39 Å². The fourth-order valence-corrected chi connectivity index (χ4v) is 2.97. The Hall–Kier alpha value is -1.03. The van der Waals surface area contributed by atoms with Crippen LogP contribution in [-0.4, -0.2) is 6.04 Å². The van der Waals surface area contributed by atoms with Crippen LogP contribution in [0.15, 0.2) is 52.3 Å². The van der Waals surface area contributed by atoms with Crippen molar-refractivity contribution in [2.45, 2.75) is 35.6 Å². The number of nitrogens with two attached hydrogens (primary N) is 1. The largest absolute Gasteiger partial charge is 0.327 e. The summed E-state index contributed by atoms with van der Waals surface area (Å²) in [6.45, 7) is 2.01. The van der Waals surface area contributed by atoms with Crippen molar-refractivity contribution in [2.24, 2.45) is 5.73 Å². The second-order valence-corrected chi connectivity index (χ2v) is 6.20. The summed E-state index contributed by atoms with van der Waals surface area (Å²) in [5, 5.41) is 0.696. The molecule has 0 saturated carbocycles. The summed E-state index contributed by atoms with van der Waals surface area (Å²) in [6, 6.07) is 12.7. The van der Waals surface area contributed by atoms with Gasteiger partial charge in [0.05, 0.1) is 0 Å². The molecule has 2 aromatic rings. The lowest BCUT2D eigenvalue weighted by molar-refractivity contribution is 0.571. The minimum absolute atomic E-state index is 0.0172. The maximum Gasteiger partial charge on any atom is 0.127 e. The lowest BCUT2D eigenvalue weighted by Crippen LogP contribution is -2.22. The lowest BCUT2D eigenvalue weighted by Gasteiger charge is -2.14. The molecule has 0 saturated heterocycles. The summed E-state index contributed by atoms with van der Waals surface area (Å²) in [6.07, 6.45) is 1.39. The fraction of sp³-hybridized carbons (Fsp3) is 0.250. The number of benzene rings is 2. The van der Waals surface area contributed by atoms with E-state index in [1.165, 1.54) is 17.8 Å². The highest BCUT2D eigenvalue weighted by Crippen LogP contribution is 2.33. The first-order valence-corrected chi connectivity index (χ1v) is 7.76. The number of halogens is 2. The van der Waals surface area contributed by atoms with Gasteiger partial charge in [0, 0.05) is 26.4 Å². The van der Waals surface area contributed by atoms with E-state index in [0.717, 1.165) is 16.2 Å². The zero-order valence-corrected chi connectivity index (χ0v) is 12.8. The van der Waals surface area contributed by atoms with Gasteiger partial charge < -0.3 is 5.73 Å². The molecule has 0 aromatic heterocycles. The molecule has 4 heteroatoms. The molecule has 2 aromatic carbocycles. The van der Waals surface area contributed by atoms with Gasteiger partial charge in [0.15, 0.2) is 0 Å². The second-order valence-electron chi connectivity index (χ2n) is 4.64. The maximum atomic E-state index is 14.0. The molecule has 2 N–H and O–H groups in total. The van der Waals surface area contributed by atoms with Crippen LogP contribution < -0.4 is 5.73 Å². The average Bonchev–Trinajstić information content (AvgIpc) is 2.45. The van der Waals surface area contributed by atoms with Crippen molar-refractivity contribution < 1.29 is 4.39 Å². The Morgan fingerprint density at radius 1 is 1.20 bits per heavy atom. The third-order valence-corrected chi connectivity index (χ3v) is 4.47. The fourth-order valence-electron chi connectivity index (χ4n) is 1.87. The first-order valence-electron chi connectivity index (χ1n) is 6.56. The molecule has 20 heavy (non-hydrogen) atoms. The summed E-state index contributed by atoms with van der Waals surface area (Å²) in [5.41, 5.74) is 6.66. The van der Waals surface area contributed by atoms with E-state index in [2.05, 4.69) is 0 Å². The molecular weight excluding hydrogens is 293 g/mol. The van der Waals surface area contributed by atoms with Crippen molar-refractivity contribution in [3.63, 3.8) is 0 Å². The molecule has 106 valence electrons. The van der Waals surface area contributed by atoms with Crippen LogP contribution in [0.5, 0.6) is 0 Å². The third kappa shape index (κ3) is 3.98. The molecule has 0 amide bonds. The molecule has 0 bridgehead atoms. The van der Waals surface area contributed by atoms with E-state index in [1.54, 1.807) is 6.07 Å². The predicted molar refractivity (Wildman–Crippen MR) is 83.9 cm³/mol. The van der Waals surface area contributed by atoms with Crippen molar-refractivity contribution in [1.29, 1.82) is 0 Å². The molecule has 1 unspecified atom stereocenters. The molecule has 2 rings (SSSR count). The molecule has 1 nitrogen and oxygen atoms in total. The van der Waals surface area contributed by atoms with E-state index in [4.69, 9.17) is 17.3 Å². The topological polar surface area (TPSA) is 26.0 Å². The van der Waals surface area contributed by atoms with Crippen molar-refractivity contribution in [3.8, 4) is 0 Å². The zero-order valence-electron chi connectivity index (χ0n) is 11.3. The zero-order chi connectivity index (χ0) is 14.5. The van der Waals surface area contributed by atoms with Gasteiger partial charge in [0.2, 0.25) is 0 Å². The molecule has 0 heterocycles. The maximum absolute atomic E-state index is 14.0. The Morgan fingerprint density at radius 2 is 1.90 bits per heavy atom. The van der Waals surface area contributed by atoms with Crippen LogP contribution >= 0.6 is 23.4 Å². The molecule has 1 atom stereocenters. The Morgan fingerprint density at radius 3 is 2.55 bits per heavy atom. The van der Waals surface area contributed by atoms with E-state index in [0.29, 0.717) is 17.0 Å². The molecule has 0 aliphatic carbocycles. The molecule has 0 fully saturated rings. The Labute approximate surface area is 128 Å². The number of rotatable bonds is 5. The highest BCUT2D eigenvalue weighted by atomic mass is 35.5. The van der Waals surface area contributed by atoms with E-state index in [-0.39, 0.29) is 11.9 Å². The second kappa shape index (κ2) is 7.11. The summed E-state index contributed by atoms with van der Waals surface area (Å²) in [4.78, 5) is 1.95. The van der Waals surface area contributed by atoms with Gasteiger partial charge in [-0.1, -0.05) is 36.4 Å². The number of hydrogen-bond donors (Lipinski definition) is 1. The Bertz CT molecular complexity index is 571. The highest BCUT2D eigenvalue weighted by molar-refractivity contribution is 7.99. The van der Waals surface area contributed by atoms with Crippen molar-refractivity contribution in [1.82, 2.24) is 0 Å². The third-order valence-electron chi connectivity index (χ3n) is 3.11. The van der Waals surface area contributed by atoms with Gasteiger partial charge in [0.25, 0.3) is 0 Å². The Kier molecular flexibility index (Phi) is 5.46. The monoisotopic (exact) mass is 309 g/mol. The van der Waals surface area contributed by atoms with Crippen LogP contribution in [-0.2, 0) is 6.42 Å². The summed E-state index contributed by atoms with van der Waals surface area (Å²) >= 11 is 7.41. The van der Waals surface area contributed by atoms with Gasteiger partial charge >= 0.3 is 0 Å². The SMILES string of the molecule is CCC(N)Cc1c(F)cccc1Sc1ccc(Cl)cc1. The van der Waals surface area contributed by atoms with Crippen molar-refractivity contribution >= 4 is 23.4 Å². The first-order chi connectivity index (χ1) is 9.60. The van der Waals surface area contributed by atoms with Crippen LogP contribution in [0.25, 0.3) is 0 Å². The van der Waals surface area contributed by atoms with Crippen LogP contribution in [0, 0.1) is 5.82 Å². The summed E-state index contributed by atoms with van der Waals surface area (Å²) in [5.74, 6) is -0.187. The highest BCUT2D eigenvalue weighted by Gasteiger charge is 2.12. The van der Waals surface area contributed by atoms with Crippen molar-refractivity contribution in [2.75, 3.05) is 0 Å². The van der Waals surface area contributed by atoms with Gasteiger partial charge in [-0.25, -0.2) is 4.39 Å². The summed E-state index contributed by atoms with van der Waals surface area (Å²) < 4.78 is 14.0. The van der Waals surface area contributed by atoms with Crippen LogP contribution in [0.2, 0.25) is 5.02 Å². The van der Waals surface area contributed by atoms with Crippen LogP contribution in [0.1, 0.15) is 18.9 Å². The molecular formula is C16H17ClFNS. The lowest BCUT2D eigenvalue weighted by atomic mass is 10.0. The molecule has 0 radical (unpaired) electrons. The molecule has 0 spiro atoms. The normalized spacial score (nSPS) is 12.4. The van der Waals surface area contributed by atoms with Gasteiger partial charge in [-0.15, -0.1) is 0 Å². The molecule has 0 aliphatic heterocycles. The smallest absolute Gasteiger partial charge is 0.127 e. The minimum Gasteiger partial charge on any atom is -0.327 e. The van der Waals surface area contributed by atoms with Crippen molar-refractivity contribution in [3.05, 3.63) is 58.9 Å². The predicted octanol–water partition coefficient (Wildman–Crippen LogP) is 4.91. The number of hydrogen-bond acceptors (Lipinski definition) is 2. The van der Waals surface area contributed by atoms with Crippen LogP contribution in [0.3, 0.4) is 0 Å². The quantitative estimate of drug-likeness (QED) is 0.849. The van der Waals surface area contributed by atoms with Gasteiger partial charge in [-0.3, -0.25) is 0 Å². The minimum atomic E-state index is -0.187. The van der Waals surface area contributed by atoms with E-state index < -0.39 is 0 Å². The first kappa shape index (κ1) is 15.4. The van der Waals surface area contributed by atoms with E-state index in [9.17, 15) is 4.39 Å². The standard InChI is InChI=1S/C16H17ClFNS/c1-2-12(19)10-14-15(18)4-3-5-16(14)20-13-8-6-11(17)7-9-13/h3-9,12H,2,10,19H2,1H3. The van der Waals surface area contributed by atoms with E-state index >= 15 is 0 Å².